The third-order valence-electron chi connectivity index (χ3n) is 4.70. The Morgan fingerprint density at radius 2 is 2.00 bits per heavy atom. The van der Waals surface area contributed by atoms with E-state index in [0.29, 0.717) is 12.5 Å². The average molecular weight is 342 g/mol. The van der Waals surface area contributed by atoms with Crippen molar-refractivity contribution < 1.29 is 18.0 Å². The van der Waals surface area contributed by atoms with E-state index in [9.17, 15) is 18.0 Å². The maximum Gasteiger partial charge on any atom is 0.405 e. The number of nitrogens with one attached hydrogen (secondary N) is 1. The van der Waals surface area contributed by atoms with Gasteiger partial charge in [0.2, 0.25) is 5.91 Å². The van der Waals surface area contributed by atoms with Crippen molar-refractivity contribution in [3.63, 3.8) is 0 Å². The molecule has 1 aromatic carbocycles. The van der Waals surface area contributed by atoms with Gasteiger partial charge in [0.1, 0.15) is 6.54 Å². The summed E-state index contributed by atoms with van der Waals surface area (Å²) in [6.07, 6.45) is -1.40. The minimum Gasteiger partial charge on any atom is -0.346 e. The van der Waals surface area contributed by atoms with Crippen molar-refractivity contribution in [1.29, 1.82) is 0 Å². The summed E-state index contributed by atoms with van der Waals surface area (Å²) < 4.78 is 36.7. The lowest BCUT2D eigenvalue weighted by molar-refractivity contribution is -0.141. The Bertz CT molecular complexity index is 542. The van der Waals surface area contributed by atoms with Gasteiger partial charge in [-0.25, -0.2) is 0 Å². The standard InChI is InChI=1S/C18H25F3N2O/c1-3-14-6-8-15(9-7-14)16-5-4-10-23(11-16)13(2)17(24)22-12-18(19,20)21/h6-9,13,16H,3-5,10-12H2,1-2H3,(H,22,24). The number of alkyl halides is 3. The van der Waals surface area contributed by atoms with Crippen LogP contribution in [0, 0.1) is 0 Å². The Morgan fingerprint density at radius 3 is 2.58 bits per heavy atom. The molecule has 0 aliphatic carbocycles. The summed E-state index contributed by atoms with van der Waals surface area (Å²) in [4.78, 5) is 13.9. The minimum absolute atomic E-state index is 0.322. The summed E-state index contributed by atoms with van der Waals surface area (Å²) in [6, 6.07) is 7.94. The van der Waals surface area contributed by atoms with Crippen LogP contribution in [0.5, 0.6) is 0 Å². The minimum atomic E-state index is -4.37. The molecule has 24 heavy (non-hydrogen) atoms. The molecule has 1 aliphatic rings. The van der Waals surface area contributed by atoms with E-state index in [2.05, 4.69) is 31.2 Å². The molecule has 0 radical (unpaired) electrons. The number of likely N-dealkylation sites (tertiary alicyclic amines) is 1. The van der Waals surface area contributed by atoms with Crippen LogP contribution in [-0.4, -0.2) is 42.7 Å². The fraction of sp³-hybridized carbons (Fsp3) is 0.611. The van der Waals surface area contributed by atoms with Crippen molar-refractivity contribution in [2.24, 2.45) is 0 Å². The fourth-order valence-electron chi connectivity index (χ4n) is 3.16. The second-order valence-corrected chi connectivity index (χ2v) is 6.44. The van der Waals surface area contributed by atoms with Crippen LogP contribution < -0.4 is 5.32 Å². The van der Waals surface area contributed by atoms with Gasteiger partial charge in [-0.3, -0.25) is 9.69 Å². The van der Waals surface area contributed by atoms with Crippen molar-refractivity contribution in [2.75, 3.05) is 19.6 Å². The van der Waals surface area contributed by atoms with Crippen molar-refractivity contribution in [3.05, 3.63) is 35.4 Å². The van der Waals surface area contributed by atoms with E-state index in [1.807, 2.05) is 10.2 Å². The van der Waals surface area contributed by atoms with Crippen molar-refractivity contribution >= 4 is 5.91 Å². The number of benzene rings is 1. The zero-order chi connectivity index (χ0) is 17.7. The molecule has 1 N–H and O–H groups in total. The molecule has 134 valence electrons. The Hall–Kier alpha value is -1.56. The highest BCUT2D eigenvalue weighted by atomic mass is 19.4. The Labute approximate surface area is 141 Å². The lowest BCUT2D eigenvalue weighted by atomic mass is 9.89. The smallest absolute Gasteiger partial charge is 0.346 e. The van der Waals surface area contributed by atoms with E-state index >= 15 is 0 Å². The number of piperidine rings is 1. The number of aryl methyl sites for hydroxylation is 1. The van der Waals surface area contributed by atoms with Crippen LogP contribution in [0.25, 0.3) is 0 Å². The van der Waals surface area contributed by atoms with Gasteiger partial charge in [0.05, 0.1) is 6.04 Å². The first-order valence-electron chi connectivity index (χ1n) is 8.47. The highest BCUT2D eigenvalue weighted by molar-refractivity contribution is 5.81. The molecule has 3 nitrogen and oxygen atoms in total. The van der Waals surface area contributed by atoms with Gasteiger partial charge in [0.15, 0.2) is 0 Å². The highest BCUT2D eigenvalue weighted by Gasteiger charge is 2.31. The van der Waals surface area contributed by atoms with Gasteiger partial charge < -0.3 is 5.32 Å². The number of halogens is 3. The molecule has 0 bridgehead atoms. The van der Waals surface area contributed by atoms with Gasteiger partial charge in [-0.1, -0.05) is 31.2 Å². The number of carbonyl (C=O) groups excluding carboxylic acids is 1. The maximum atomic E-state index is 12.2. The van der Waals surface area contributed by atoms with Gasteiger partial charge in [-0.2, -0.15) is 13.2 Å². The Kier molecular flexibility index (Phi) is 6.27. The highest BCUT2D eigenvalue weighted by Crippen LogP contribution is 2.28. The quantitative estimate of drug-likeness (QED) is 0.888. The zero-order valence-corrected chi connectivity index (χ0v) is 14.2. The third-order valence-corrected chi connectivity index (χ3v) is 4.70. The molecule has 0 spiro atoms. The first kappa shape index (κ1) is 18.8. The molecule has 2 atom stereocenters. The van der Waals surface area contributed by atoms with Crippen LogP contribution in [0.3, 0.4) is 0 Å². The second kappa shape index (κ2) is 8.01. The second-order valence-electron chi connectivity index (χ2n) is 6.44. The van der Waals surface area contributed by atoms with Crippen LogP contribution in [0.15, 0.2) is 24.3 Å². The van der Waals surface area contributed by atoms with Gasteiger partial charge in [0.25, 0.3) is 0 Å². The normalized spacial score (nSPS) is 20.6. The number of hydrogen-bond donors (Lipinski definition) is 1. The number of hydrogen-bond acceptors (Lipinski definition) is 2. The van der Waals surface area contributed by atoms with Gasteiger partial charge in [0, 0.05) is 6.54 Å². The zero-order valence-electron chi connectivity index (χ0n) is 14.2. The molecule has 2 rings (SSSR count). The fourth-order valence-corrected chi connectivity index (χ4v) is 3.16. The van der Waals surface area contributed by atoms with E-state index in [1.54, 1.807) is 6.92 Å². The molecule has 1 heterocycles. The number of amides is 1. The summed E-state index contributed by atoms with van der Waals surface area (Å²) in [5, 5.41) is 1.98. The average Bonchev–Trinajstić information content (AvgIpc) is 2.58. The van der Waals surface area contributed by atoms with E-state index < -0.39 is 24.7 Å². The molecule has 1 fully saturated rings. The summed E-state index contributed by atoms with van der Waals surface area (Å²) in [5.74, 6) is -0.239. The van der Waals surface area contributed by atoms with E-state index in [1.165, 1.54) is 11.1 Å². The number of carbonyl (C=O) groups is 1. The molecule has 1 aromatic rings. The van der Waals surface area contributed by atoms with Crippen molar-refractivity contribution in [2.45, 2.75) is 51.2 Å². The molecule has 0 saturated carbocycles. The predicted octanol–water partition coefficient (Wildman–Crippen LogP) is 3.50. The molecule has 1 saturated heterocycles. The summed E-state index contributed by atoms with van der Waals surface area (Å²) >= 11 is 0. The molecule has 0 aromatic heterocycles. The molecular weight excluding hydrogens is 317 g/mol. The third kappa shape index (κ3) is 5.23. The lowest BCUT2D eigenvalue weighted by Crippen LogP contribution is -2.50. The first-order chi connectivity index (χ1) is 11.3. The molecule has 1 aliphatic heterocycles. The Morgan fingerprint density at radius 1 is 1.33 bits per heavy atom. The van der Waals surface area contributed by atoms with Crippen LogP contribution >= 0.6 is 0 Å². The predicted molar refractivity (Wildman–Crippen MR) is 87.9 cm³/mol. The maximum absolute atomic E-state index is 12.2. The molecule has 1 amide bonds. The number of nitrogens with zero attached hydrogens (tertiary/aromatic N) is 1. The van der Waals surface area contributed by atoms with Gasteiger partial charge in [-0.05, 0) is 49.8 Å². The van der Waals surface area contributed by atoms with Crippen LogP contribution in [-0.2, 0) is 11.2 Å². The lowest BCUT2D eigenvalue weighted by Gasteiger charge is -2.36. The van der Waals surface area contributed by atoms with Crippen molar-refractivity contribution in [1.82, 2.24) is 10.2 Å². The van der Waals surface area contributed by atoms with Crippen LogP contribution in [0.1, 0.15) is 43.7 Å². The molecule has 2 unspecified atom stereocenters. The summed E-state index contributed by atoms with van der Waals surface area (Å²) in [5.41, 5.74) is 2.52. The first-order valence-corrected chi connectivity index (χ1v) is 8.47. The van der Waals surface area contributed by atoms with E-state index in [0.717, 1.165) is 25.8 Å². The SMILES string of the molecule is CCc1ccc(C2CCCN(C(C)C(=O)NCC(F)(F)F)C2)cc1. The topological polar surface area (TPSA) is 32.3 Å². The summed E-state index contributed by atoms with van der Waals surface area (Å²) in [6.45, 7) is 3.95. The van der Waals surface area contributed by atoms with Crippen molar-refractivity contribution in [3.8, 4) is 0 Å². The largest absolute Gasteiger partial charge is 0.405 e. The Balaban J connectivity index is 1.95. The van der Waals surface area contributed by atoms with E-state index in [-0.39, 0.29) is 0 Å². The van der Waals surface area contributed by atoms with Gasteiger partial charge >= 0.3 is 6.18 Å². The summed E-state index contributed by atoms with van der Waals surface area (Å²) in [7, 11) is 0. The number of rotatable bonds is 5. The van der Waals surface area contributed by atoms with Crippen LogP contribution in [0.4, 0.5) is 13.2 Å². The molecule has 6 heteroatoms. The monoisotopic (exact) mass is 342 g/mol. The van der Waals surface area contributed by atoms with Crippen LogP contribution in [0.2, 0.25) is 0 Å². The van der Waals surface area contributed by atoms with Gasteiger partial charge in [-0.15, -0.1) is 0 Å². The molecular formula is C18H25F3N2O. The van der Waals surface area contributed by atoms with E-state index in [4.69, 9.17) is 0 Å².